The number of hydrogen-bond acceptors (Lipinski definition) is 5. The number of hydrogen-bond donors (Lipinski definition) is 1. The molecule has 0 bridgehead atoms. The van der Waals surface area contributed by atoms with E-state index in [-0.39, 0.29) is 17.8 Å². The molecule has 3 aromatic rings. The number of likely N-dealkylation sites (tertiary alicyclic amines) is 1. The minimum atomic E-state index is 0.122. The molecule has 132 valence electrons. The lowest BCUT2D eigenvalue weighted by molar-refractivity contribution is -0.130. The molecular weight excluding hydrogens is 326 g/mol. The van der Waals surface area contributed by atoms with Gasteiger partial charge in [0.25, 0.3) is 0 Å². The first-order chi connectivity index (χ1) is 12.6. The highest BCUT2D eigenvalue weighted by Crippen LogP contribution is 2.35. The Kier molecular flexibility index (Phi) is 4.24. The fourth-order valence-electron chi connectivity index (χ4n) is 3.72. The second-order valence-electron chi connectivity index (χ2n) is 6.78. The third kappa shape index (κ3) is 3.10. The van der Waals surface area contributed by atoms with Crippen LogP contribution in [0, 0.1) is 0 Å². The highest BCUT2D eigenvalue weighted by atomic mass is 16.2. The van der Waals surface area contributed by atoms with Gasteiger partial charge in [-0.15, -0.1) is 0 Å². The minimum absolute atomic E-state index is 0.122. The van der Waals surface area contributed by atoms with Crippen molar-refractivity contribution in [3.05, 3.63) is 48.4 Å². The van der Waals surface area contributed by atoms with Crippen molar-refractivity contribution >= 4 is 22.8 Å². The van der Waals surface area contributed by atoms with Gasteiger partial charge in [-0.3, -0.25) is 9.78 Å². The first kappa shape index (κ1) is 16.4. The minimum Gasteiger partial charge on any atom is -0.368 e. The summed E-state index contributed by atoms with van der Waals surface area (Å²) in [4.78, 5) is 26.7. The Labute approximate surface area is 152 Å². The summed E-state index contributed by atoms with van der Waals surface area (Å²) in [5.41, 5.74) is 9.98. The molecule has 1 aromatic carbocycles. The highest BCUT2D eigenvalue weighted by molar-refractivity contribution is 5.88. The fraction of sp³-hybridized carbons (Fsp3) is 0.300. The zero-order valence-corrected chi connectivity index (χ0v) is 14.7. The fourth-order valence-corrected chi connectivity index (χ4v) is 3.72. The molecule has 6 heteroatoms. The van der Waals surface area contributed by atoms with Crippen LogP contribution in [0.15, 0.2) is 42.9 Å². The van der Waals surface area contributed by atoms with E-state index in [0.717, 1.165) is 47.0 Å². The molecule has 3 heterocycles. The molecule has 0 aliphatic carbocycles. The molecule has 26 heavy (non-hydrogen) atoms. The van der Waals surface area contributed by atoms with Gasteiger partial charge < -0.3 is 10.6 Å². The molecule has 1 amide bonds. The number of nitrogen functional groups attached to an aromatic ring is 1. The highest BCUT2D eigenvalue weighted by Gasteiger charge is 2.25. The molecule has 0 saturated carbocycles. The summed E-state index contributed by atoms with van der Waals surface area (Å²) < 4.78 is 0. The van der Waals surface area contributed by atoms with E-state index >= 15 is 0 Å². The van der Waals surface area contributed by atoms with Gasteiger partial charge >= 0.3 is 0 Å². The van der Waals surface area contributed by atoms with E-state index in [9.17, 15) is 4.79 Å². The number of amides is 1. The Morgan fingerprint density at radius 1 is 1.27 bits per heavy atom. The van der Waals surface area contributed by atoms with E-state index in [1.54, 1.807) is 19.3 Å². The first-order valence-corrected chi connectivity index (χ1v) is 8.84. The molecule has 0 radical (unpaired) electrons. The number of nitrogens with zero attached hydrogens (tertiary/aromatic N) is 4. The molecule has 6 nitrogen and oxygen atoms in total. The molecule has 0 spiro atoms. The van der Waals surface area contributed by atoms with Crippen molar-refractivity contribution in [2.24, 2.45) is 0 Å². The van der Waals surface area contributed by atoms with Crippen molar-refractivity contribution in [2.75, 3.05) is 18.8 Å². The van der Waals surface area contributed by atoms with Crippen LogP contribution in [-0.2, 0) is 4.79 Å². The van der Waals surface area contributed by atoms with E-state index in [4.69, 9.17) is 5.73 Å². The molecule has 1 aliphatic heterocycles. The first-order valence-electron chi connectivity index (χ1n) is 8.84. The number of aromatic nitrogens is 3. The molecule has 4 rings (SSSR count). The largest absolute Gasteiger partial charge is 0.368 e. The van der Waals surface area contributed by atoms with E-state index in [2.05, 4.69) is 27.1 Å². The van der Waals surface area contributed by atoms with Gasteiger partial charge in [0.1, 0.15) is 0 Å². The molecule has 1 unspecified atom stereocenters. The van der Waals surface area contributed by atoms with Crippen molar-refractivity contribution in [2.45, 2.75) is 25.7 Å². The quantitative estimate of drug-likeness (QED) is 0.770. The maximum atomic E-state index is 11.9. The lowest BCUT2D eigenvalue weighted by Gasteiger charge is -2.32. The zero-order chi connectivity index (χ0) is 18.1. The third-order valence-corrected chi connectivity index (χ3v) is 5.03. The van der Waals surface area contributed by atoms with Crippen LogP contribution in [0.5, 0.6) is 0 Å². The van der Waals surface area contributed by atoms with Gasteiger partial charge in [0, 0.05) is 55.5 Å². The van der Waals surface area contributed by atoms with E-state index in [0.29, 0.717) is 6.54 Å². The van der Waals surface area contributed by atoms with Crippen LogP contribution < -0.4 is 5.73 Å². The molecule has 2 N–H and O–H groups in total. The summed E-state index contributed by atoms with van der Waals surface area (Å²) >= 11 is 0. The zero-order valence-electron chi connectivity index (χ0n) is 14.7. The number of benzene rings is 1. The van der Waals surface area contributed by atoms with Crippen molar-refractivity contribution in [1.82, 2.24) is 19.9 Å². The SMILES string of the molecule is CC(=O)N1CCCC(c2cc(-c3cccnc3)cc3cnc(N)nc23)C1. The number of piperidine rings is 1. The summed E-state index contributed by atoms with van der Waals surface area (Å²) in [6.07, 6.45) is 7.41. The maximum absolute atomic E-state index is 11.9. The predicted octanol–water partition coefficient (Wildman–Crippen LogP) is 3.00. The molecule has 1 saturated heterocycles. The molecule has 1 atom stereocenters. The van der Waals surface area contributed by atoms with Crippen LogP contribution in [0.3, 0.4) is 0 Å². The topological polar surface area (TPSA) is 85.0 Å². The van der Waals surface area contributed by atoms with Gasteiger partial charge in [-0.1, -0.05) is 6.07 Å². The van der Waals surface area contributed by atoms with E-state index in [1.165, 1.54) is 0 Å². The number of pyridine rings is 1. The second-order valence-corrected chi connectivity index (χ2v) is 6.78. The molecule has 2 aromatic heterocycles. The van der Waals surface area contributed by atoms with Crippen LogP contribution in [0.1, 0.15) is 31.2 Å². The number of fused-ring (bicyclic) bond motifs is 1. The average molecular weight is 347 g/mol. The van der Waals surface area contributed by atoms with Crippen molar-refractivity contribution in [3.63, 3.8) is 0 Å². The van der Waals surface area contributed by atoms with Crippen molar-refractivity contribution in [1.29, 1.82) is 0 Å². The van der Waals surface area contributed by atoms with Gasteiger partial charge in [-0.2, -0.15) is 0 Å². The van der Waals surface area contributed by atoms with Crippen LogP contribution in [0.4, 0.5) is 5.95 Å². The van der Waals surface area contributed by atoms with E-state index < -0.39 is 0 Å². The average Bonchev–Trinajstić information content (AvgIpc) is 2.68. The molecular formula is C20H21N5O. The smallest absolute Gasteiger partial charge is 0.220 e. The second kappa shape index (κ2) is 6.71. The van der Waals surface area contributed by atoms with Crippen LogP contribution >= 0.6 is 0 Å². The standard InChI is InChI=1S/C20H21N5O/c1-13(26)25-7-3-5-15(12-25)18-9-16(14-4-2-6-22-10-14)8-17-11-23-20(21)24-19(17)18/h2,4,6,8-11,15H,3,5,7,12H2,1H3,(H2,21,23,24). The Morgan fingerprint density at radius 3 is 2.92 bits per heavy atom. The Morgan fingerprint density at radius 2 is 2.15 bits per heavy atom. The Bertz CT molecular complexity index is 957. The number of carbonyl (C=O) groups excluding carboxylic acids is 1. The van der Waals surface area contributed by atoms with Gasteiger partial charge in [0.15, 0.2) is 0 Å². The number of nitrogens with two attached hydrogens (primary N) is 1. The summed E-state index contributed by atoms with van der Waals surface area (Å²) in [5, 5.41) is 0.954. The van der Waals surface area contributed by atoms with Crippen molar-refractivity contribution in [3.8, 4) is 11.1 Å². The Hall–Kier alpha value is -3.02. The van der Waals surface area contributed by atoms with Gasteiger partial charge in [0.05, 0.1) is 5.52 Å². The number of carbonyl (C=O) groups is 1. The van der Waals surface area contributed by atoms with Gasteiger partial charge in [0.2, 0.25) is 11.9 Å². The predicted molar refractivity (Wildman–Crippen MR) is 101 cm³/mol. The van der Waals surface area contributed by atoms with Crippen LogP contribution in [0.2, 0.25) is 0 Å². The maximum Gasteiger partial charge on any atom is 0.220 e. The normalized spacial score (nSPS) is 17.4. The van der Waals surface area contributed by atoms with Gasteiger partial charge in [-0.05, 0) is 42.2 Å². The van der Waals surface area contributed by atoms with E-state index in [1.807, 2.05) is 23.2 Å². The monoisotopic (exact) mass is 347 g/mol. The third-order valence-electron chi connectivity index (χ3n) is 5.03. The Balaban J connectivity index is 1.86. The lowest BCUT2D eigenvalue weighted by Crippen LogP contribution is -2.37. The summed E-state index contributed by atoms with van der Waals surface area (Å²) in [5.74, 6) is 0.629. The molecule has 1 fully saturated rings. The van der Waals surface area contributed by atoms with Crippen LogP contribution in [0.25, 0.3) is 22.0 Å². The van der Waals surface area contributed by atoms with Gasteiger partial charge in [-0.25, -0.2) is 9.97 Å². The summed E-state index contributed by atoms with van der Waals surface area (Å²) in [6.45, 7) is 3.17. The summed E-state index contributed by atoms with van der Waals surface area (Å²) in [7, 11) is 0. The summed E-state index contributed by atoms with van der Waals surface area (Å²) in [6, 6.07) is 8.20. The van der Waals surface area contributed by atoms with Crippen LogP contribution in [-0.4, -0.2) is 38.8 Å². The molecule has 1 aliphatic rings. The lowest BCUT2D eigenvalue weighted by atomic mass is 9.87. The number of rotatable bonds is 2. The van der Waals surface area contributed by atoms with Crippen molar-refractivity contribution < 1.29 is 4.79 Å². The number of anilines is 1.